The largest absolute Gasteiger partial charge is 0.337 e. The molecule has 6 nitrogen and oxygen atoms in total. The Balaban J connectivity index is 2.06. The van der Waals surface area contributed by atoms with Crippen molar-refractivity contribution in [3.63, 3.8) is 0 Å². The third-order valence-electron chi connectivity index (χ3n) is 5.13. The molecule has 1 N–H and O–H groups in total. The maximum absolute atomic E-state index is 13.0. The van der Waals surface area contributed by atoms with E-state index in [0.717, 1.165) is 70.4 Å². The summed E-state index contributed by atoms with van der Waals surface area (Å²) in [7, 11) is 0. The van der Waals surface area contributed by atoms with Gasteiger partial charge < -0.3 is 10.2 Å². The van der Waals surface area contributed by atoms with Crippen LogP contribution in [0.4, 0.5) is 0 Å². The molecule has 6 heteroatoms. The molecule has 1 fully saturated rings. The van der Waals surface area contributed by atoms with Crippen molar-refractivity contribution >= 4 is 5.91 Å². The minimum Gasteiger partial charge on any atom is -0.337 e. The molecule has 0 atom stereocenters. The Morgan fingerprint density at radius 1 is 1.12 bits per heavy atom. The molecule has 0 radical (unpaired) electrons. The summed E-state index contributed by atoms with van der Waals surface area (Å²) >= 11 is 0. The third kappa shape index (κ3) is 5.53. The molecule has 0 aromatic carbocycles. The highest BCUT2D eigenvalue weighted by Gasteiger charge is 2.25. The van der Waals surface area contributed by atoms with Crippen LogP contribution in [0.5, 0.6) is 0 Å². The van der Waals surface area contributed by atoms with Crippen molar-refractivity contribution in [2.75, 3.05) is 26.2 Å². The molecule has 2 heterocycles. The Hall–Kier alpha value is -1.43. The minimum absolute atomic E-state index is 0.0601. The summed E-state index contributed by atoms with van der Waals surface area (Å²) in [6.45, 7) is 10.1. The monoisotopic (exact) mass is 349 g/mol. The number of rotatable bonds is 10. The summed E-state index contributed by atoms with van der Waals surface area (Å²) in [6, 6.07) is 0.365. The molecule has 0 aliphatic carbocycles. The second-order valence-electron chi connectivity index (χ2n) is 7.16. The molecule has 0 spiro atoms. The maximum Gasteiger partial charge on any atom is 0.276 e. The van der Waals surface area contributed by atoms with Gasteiger partial charge in [-0.3, -0.25) is 4.79 Å². The molecular formula is C19H35N5O. The predicted molar refractivity (Wildman–Crippen MR) is 101 cm³/mol. The standard InChI is InChI=1S/C19H35N5O/c1-4-6-8-14-23(15-9-7-5-2)19(25)18-16(3)24(22-21-18)17-10-12-20-13-11-17/h17,20H,4-15H2,1-3H3. The average Bonchev–Trinajstić information content (AvgIpc) is 3.02. The van der Waals surface area contributed by atoms with E-state index in [2.05, 4.69) is 29.5 Å². The summed E-state index contributed by atoms with van der Waals surface area (Å²) < 4.78 is 1.98. The van der Waals surface area contributed by atoms with Crippen LogP contribution < -0.4 is 5.32 Å². The van der Waals surface area contributed by atoms with Crippen LogP contribution in [-0.2, 0) is 0 Å². The number of aromatic nitrogens is 3. The molecule has 2 rings (SSSR count). The molecule has 1 amide bonds. The molecule has 1 aliphatic heterocycles. The number of unbranched alkanes of at least 4 members (excludes halogenated alkanes) is 4. The van der Waals surface area contributed by atoms with Gasteiger partial charge in [0.2, 0.25) is 0 Å². The molecule has 0 bridgehead atoms. The number of nitrogens with zero attached hydrogens (tertiary/aromatic N) is 4. The van der Waals surface area contributed by atoms with Gasteiger partial charge in [-0.05, 0) is 45.7 Å². The first-order valence-corrected chi connectivity index (χ1v) is 10.1. The van der Waals surface area contributed by atoms with Crippen molar-refractivity contribution in [2.45, 2.75) is 78.2 Å². The van der Waals surface area contributed by atoms with Gasteiger partial charge in [0.25, 0.3) is 5.91 Å². The van der Waals surface area contributed by atoms with Crippen molar-refractivity contribution in [3.05, 3.63) is 11.4 Å². The second kappa shape index (κ2) is 10.5. The molecular weight excluding hydrogens is 314 g/mol. The zero-order chi connectivity index (χ0) is 18.1. The first-order chi connectivity index (χ1) is 12.2. The van der Waals surface area contributed by atoms with E-state index >= 15 is 0 Å². The summed E-state index contributed by atoms with van der Waals surface area (Å²) in [4.78, 5) is 15.0. The zero-order valence-electron chi connectivity index (χ0n) is 16.3. The summed E-state index contributed by atoms with van der Waals surface area (Å²) in [5.74, 6) is 0.0601. The van der Waals surface area contributed by atoms with Gasteiger partial charge in [0.05, 0.1) is 11.7 Å². The number of carbonyl (C=O) groups is 1. The van der Waals surface area contributed by atoms with Crippen LogP contribution in [0.3, 0.4) is 0 Å². The Morgan fingerprint density at radius 2 is 1.72 bits per heavy atom. The molecule has 1 aromatic rings. The predicted octanol–water partition coefficient (Wildman–Crippen LogP) is 3.33. The number of amides is 1. The first kappa shape index (κ1) is 19.9. The fourth-order valence-electron chi connectivity index (χ4n) is 3.51. The molecule has 142 valence electrons. The van der Waals surface area contributed by atoms with Crippen molar-refractivity contribution in [3.8, 4) is 0 Å². The normalized spacial score (nSPS) is 15.5. The lowest BCUT2D eigenvalue weighted by Gasteiger charge is -2.24. The van der Waals surface area contributed by atoms with Crippen LogP contribution in [0, 0.1) is 6.92 Å². The molecule has 0 unspecified atom stereocenters. The highest BCUT2D eigenvalue weighted by Crippen LogP contribution is 2.21. The van der Waals surface area contributed by atoms with E-state index in [1.165, 1.54) is 12.8 Å². The van der Waals surface area contributed by atoms with Crippen LogP contribution in [0.25, 0.3) is 0 Å². The second-order valence-corrected chi connectivity index (χ2v) is 7.16. The van der Waals surface area contributed by atoms with Crippen molar-refractivity contribution in [1.82, 2.24) is 25.2 Å². The number of carbonyl (C=O) groups excluding carboxylic acids is 1. The fourth-order valence-corrected chi connectivity index (χ4v) is 3.51. The van der Waals surface area contributed by atoms with Gasteiger partial charge in [-0.15, -0.1) is 5.10 Å². The average molecular weight is 350 g/mol. The number of piperidine rings is 1. The Bertz CT molecular complexity index is 512. The van der Waals surface area contributed by atoms with Gasteiger partial charge in [0, 0.05) is 13.1 Å². The molecule has 1 saturated heterocycles. The van der Waals surface area contributed by atoms with E-state index in [9.17, 15) is 4.79 Å². The van der Waals surface area contributed by atoms with Gasteiger partial charge in [0.1, 0.15) is 0 Å². The van der Waals surface area contributed by atoms with Crippen molar-refractivity contribution in [2.24, 2.45) is 0 Å². The van der Waals surface area contributed by atoms with Gasteiger partial charge in [0.15, 0.2) is 5.69 Å². The highest BCUT2D eigenvalue weighted by molar-refractivity contribution is 5.93. The maximum atomic E-state index is 13.0. The van der Waals surface area contributed by atoms with Crippen LogP contribution in [0.15, 0.2) is 0 Å². The van der Waals surface area contributed by atoms with Gasteiger partial charge in [-0.2, -0.15) is 0 Å². The number of hydrogen-bond acceptors (Lipinski definition) is 4. The third-order valence-corrected chi connectivity index (χ3v) is 5.13. The van der Waals surface area contributed by atoms with E-state index in [1.54, 1.807) is 0 Å². The van der Waals surface area contributed by atoms with E-state index < -0.39 is 0 Å². The Labute approximate surface area is 152 Å². The fraction of sp³-hybridized carbons (Fsp3) is 0.842. The first-order valence-electron chi connectivity index (χ1n) is 10.1. The van der Waals surface area contributed by atoms with E-state index in [4.69, 9.17) is 0 Å². The Kier molecular flexibility index (Phi) is 8.38. The lowest BCUT2D eigenvalue weighted by atomic mass is 10.1. The molecule has 25 heavy (non-hydrogen) atoms. The lowest BCUT2D eigenvalue weighted by Crippen LogP contribution is -2.34. The molecule has 1 aliphatic rings. The van der Waals surface area contributed by atoms with E-state index in [1.807, 2.05) is 16.5 Å². The van der Waals surface area contributed by atoms with Gasteiger partial charge >= 0.3 is 0 Å². The van der Waals surface area contributed by atoms with Gasteiger partial charge in [-0.1, -0.05) is 44.7 Å². The van der Waals surface area contributed by atoms with E-state index in [-0.39, 0.29) is 5.91 Å². The van der Waals surface area contributed by atoms with Crippen LogP contribution in [-0.4, -0.2) is 52.0 Å². The van der Waals surface area contributed by atoms with E-state index in [0.29, 0.717) is 11.7 Å². The quantitative estimate of drug-likeness (QED) is 0.658. The summed E-state index contributed by atoms with van der Waals surface area (Å²) in [5, 5.41) is 12.0. The number of nitrogens with one attached hydrogen (secondary N) is 1. The topological polar surface area (TPSA) is 63.1 Å². The minimum atomic E-state index is 0.0601. The zero-order valence-corrected chi connectivity index (χ0v) is 16.3. The number of hydrogen-bond donors (Lipinski definition) is 1. The lowest BCUT2D eigenvalue weighted by molar-refractivity contribution is 0.0742. The summed E-state index contributed by atoms with van der Waals surface area (Å²) in [6.07, 6.45) is 8.90. The van der Waals surface area contributed by atoms with Crippen molar-refractivity contribution in [1.29, 1.82) is 0 Å². The van der Waals surface area contributed by atoms with Gasteiger partial charge in [-0.25, -0.2) is 4.68 Å². The molecule has 0 saturated carbocycles. The molecule has 1 aromatic heterocycles. The van der Waals surface area contributed by atoms with Crippen molar-refractivity contribution < 1.29 is 4.79 Å². The van der Waals surface area contributed by atoms with Crippen LogP contribution in [0.1, 0.15) is 87.4 Å². The van der Waals surface area contributed by atoms with Crippen LogP contribution >= 0.6 is 0 Å². The Morgan fingerprint density at radius 3 is 2.28 bits per heavy atom. The van der Waals surface area contributed by atoms with Crippen LogP contribution in [0.2, 0.25) is 0 Å². The smallest absolute Gasteiger partial charge is 0.276 e. The summed E-state index contributed by atoms with van der Waals surface area (Å²) in [5.41, 5.74) is 1.47. The SMILES string of the molecule is CCCCCN(CCCCC)C(=O)c1nnn(C2CCNCC2)c1C. The highest BCUT2D eigenvalue weighted by atomic mass is 16.2.